The second-order valence-corrected chi connectivity index (χ2v) is 4.55. The van der Waals surface area contributed by atoms with E-state index in [-0.39, 0.29) is 16.7 Å². The minimum absolute atomic E-state index is 0.171. The van der Waals surface area contributed by atoms with Gasteiger partial charge in [0.15, 0.2) is 17.8 Å². The van der Waals surface area contributed by atoms with Crippen LogP contribution in [0.25, 0.3) is 22.2 Å². The molecule has 0 saturated heterocycles. The van der Waals surface area contributed by atoms with Crippen molar-refractivity contribution in [3.05, 3.63) is 53.8 Å². The van der Waals surface area contributed by atoms with Crippen LogP contribution in [0.1, 0.15) is 10.4 Å². The second-order valence-electron chi connectivity index (χ2n) is 4.55. The zero-order valence-corrected chi connectivity index (χ0v) is 10.7. The topological polar surface area (TPSA) is 70.4 Å². The smallest absolute Gasteiger partial charge is 0.167 e. The molecule has 0 amide bonds. The van der Waals surface area contributed by atoms with Gasteiger partial charge in [-0.15, -0.1) is 0 Å². The number of aromatic nitrogens is 1. The maximum absolute atomic E-state index is 13.3. The van der Waals surface area contributed by atoms with Gasteiger partial charge in [-0.2, -0.15) is 0 Å². The van der Waals surface area contributed by atoms with Gasteiger partial charge in [-0.1, -0.05) is 12.1 Å². The van der Waals surface area contributed by atoms with E-state index in [1.807, 2.05) is 0 Å². The maximum atomic E-state index is 13.3. The molecule has 0 fully saturated rings. The molecule has 21 heavy (non-hydrogen) atoms. The summed E-state index contributed by atoms with van der Waals surface area (Å²) in [5, 5.41) is 19.6. The molecule has 3 aromatic rings. The average molecular weight is 283 g/mol. The van der Waals surface area contributed by atoms with Gasteiger partial charge < -0.3 is 10.2 Å². The summed E-state index contributed by atoms with van der Waals surface area (Å²) in [4.78, 5) is 15.5. The van der Waals surface area contributed by atoms with Crippen LogP contribution in [0.15, 0.2) is 42.5 Å². The average Bonchev–Trinajstić information content (AvgIpc) is 2.50. The number of aromatic hydroxyl groups is 2. The highest BCUT2D eigenvalue weighted by molar-refractivity contribution is 6.02. The van der Waals surface area contributed by atoms with Gasteiger partial charge >= 0.3 is 0 Å². The highest BCUT2D eigenvalue weighted by Gasteiger charge is 2.13. The molecule has 1 heterocycles. The summed E-state index contributed by atoms with van der Waals surface area (Å²) in [6, 6.07) is 10.1. The first-order chi connectivity index (χ1) is 10.1. The zero-order valence-electron chi connectivity index (χ0n) is 10.7. The number of pyridine rings is 1. The first-order valence-corrected chi connectivity index (χ1v) is 6.17. The van der Waals surface area contributed by atoms with E-state index in [9.17, 15) is 19.4 Å². The lowest BCUT2D eigenvalue weighted by Crippen LogP contribution is -1.92. The van der Waals surface area contributed by atoms with Gasteiger partial charge in [0.25, 0.3) is 0 Å². The van der Waals surface area contributed by atoms with Gasteiger partial charge in [0, 0.05) is 11.1 Å². The molecule has 0 aliphatic carbocycles. The van der Waals surface area contributed by atoms with Crippen molar-refractivity contribution in [3.8, 4) is 22.8 Å². The Bertz CT molecular complexity index is 862. The summed E-state index contributed by atoms with van der Waals surface area (Å²) in [7, 11) is 0. The number of carbonyl (C=O) groups excluding carboxylic acids is 1. The van der Waals surface area contributed by atoms with Crippen molar-refractivity contribution in [1.29, 1.82) is 0 Å². The Morgan fingerprint density at radius 1 is 1.10 bits per heavy atom. The van der Waals surface area contributed by atoms with Crippen molar-refractivity contribution in [3.63, 3.8) is 0 Å². The van der Waals surface area contributed by atoms with Crippen LogP contribution in [0.3, 0.4) is 0 Å². The van der Waals surface area contributed by atoms with Crippen LogP contribution in [-0.2, 0) is 0 Å². The number of nitrogens with zero attached hydrogens (tertiary/aromatic N) is 1. The van der Waals surface area contributed by atoms with Gasteiger partial charge in [-0.25, -0.2) is 9.37 Å². The van der Waals surface area contributed by atoms with Gasteiger partial charge in [0.05, 0.1) is 16.6 Å². The molecule has 3 rings (SSSR count). The quantitative estimate of drug-likeness (QED) is 0.559. The van der Waals surface area contributed by atoms with Crippen LogP contribution in [0.2, 0.25) is 0 Å². The van der Waals surface area contributed by atoms with Crippen molar-refractivity contribution in [1.82, 2.24) is 4.98 Å². The van der Waals surface area contributed by atoms with Crippen molar-refractivity contribution in [2.24, 2.45) is 0 Å². The molecule has 2 aromatic carbocycles. The lowest BCUT2D eigenvalue weighted by atomic mass is 10.0. The summed E-state index contributed by atoms with van der Waals surface area (Å²) in [5.74, 6) is -1.13. The molecule has 0 radical (unpaired) electrons. The predicted molar refractivity (Wildman–Crippen MR) is 75.9 cm³/mol. The van der Waals surface area contributed by atoms with E-state index in [1.165, 1.54) is 30.3 Å². The van der Waals surface area contributed by atoms with E-state index in [0.717, 1.165) is 0 Å². The number of carbonyl (C=O) groups is 1. The Balaban J connectivity index is 2.33. The number of rotatable bonds is 2. The molecule has 0 spiro atoms. The molecule has 0 atom stereocenters. The molecule has 5 heteroatoms. The Kier molecular flexibility index (Phi) is 3.02. The monoisotopic (exact) mass is 283 g/mol. The molecular weight excluding hydrogens is 273 g/mol. The molecule has 0 bridgehead atoms. The highest BCUT2D eigenvalue weighted by atomic mass is 19.1. The van der Waals surface area contributed by atoms with Crippen LogP contribution in [-0.4, -0.2) is 21.5 Å². The largest absolute Gasteiger partial charge is 0.504 e. The van der Waals surface area contributed by atoms with Gasteiger partial charge in [-0.05, 0) is 30.3 Å². The fourth-order valence-corrected chi connectivity index (χ4v) is 2.22. The summed E-state index contributed by atoms with van der Waals surface area (Å²) >= 11 is 0. The number of phenolic OH excluding ortho intramolecular Hbond substituents is 2. The Labute approximate surface area is 119 Å². The van der Waals surface area contributed by atoms with Gasteiger partial charge in [-0.3, -0.25) is 4.79 Å². The van der Waals surface area contributed by atoms with Gasteiger partial charge in [0.2, 0.25) is 0 Å². The first-order valence-electron chi connectivity index (χ1n) is 6.17. The lowest BCUT2D eigenvalue weighted by molar-refractivity contribution is 0.112. The lowest BCUT2D eigenvalue weighted by Gasteiger charge is -2.08. The Morgan fingerprint density at radius 3 is 2.62 bits per heavy atom. The number of hydrogen-bond donors (Lipinski definition) is 2. The Morgan fingerprint density at radius 2 is 1.90 bits per heavy atom. The number of benzene rings is 2. The van der Waals surface area contributed by atoms with Crippen molar-refractivity contribution in [2.75, 3.05) is 0 Å². The van der Waals surface area contributed by atoms with Crippen LogP contribution in [0.5, 0.6) is 11.5 Å². The van der Waals surface area contributed by atoms with E-state index in [2.05, 4.69) is 4.98 Å². The SMILES string of the molecule is O=Cc1cc(-c2cccc(F)c2)nc2ccc(O)c(O)c12. The molecule has 1 aromatic heterocycles. The molecular formula is C16H10FNO3. The third kappa shape index (κ3) is 2.18. The van der Waals surface area contributed by atoms with Crippen LogP contribution < -0.4 is 0 Å². The van der Waals surface area contributed by atoms with Crippen molar-refractivity contribution < 1.29 is 19.4 Å². The van der Waals surface area contributed by atoms with E-state index >= 15 is 0 Å². The zero-order chi connectivity index (χ0) is 15.0. The number of phenols is 2. The third-order valence-electron chi connectivity index (χ3n) is 3.20. The molecule has 4 nitrogen and oxygen atoms in total. The first kappa shape index (κ1) is 13.1. The minimum atomic E-state index is -0.407. The molecule has 2 N–H and O–H groups in total. The number of fused-ring (bicyclic) bond motifs is 1. The van der Waals surface area contributed by atoms with E-state index < -0.39 is 11.6 Å². The second kappa shape index (κ2) is 4.86. The fraction of sp³-hybridized carbons (Fsp3) is 0. The standard InChI is InChI=1S/C16H10FNO3/c17-11-3-1-2-9(6-11)13-7-10(8-19)15-12(18-13)4-5-14(20)16(15)21/h1-8,20-21H. The third-order valence-corrected chi connectivity index (χ3v) is 3.20. The number of aldehydes is 1. The summed E-state index contributed by atoms with van der Waals surface area (Å²) in [6.45, 7) is 0. The normalized spacial score (nSPS) is 10.7. The molecule has 0 unspecified atom stereocenters. The molecule has 0 aliphatic heterocycles. The minimum Gasteiger partial charge on any atom is -0.504 e. The van der Waals surface area contributed by atoms with Crippen LogP contribution in [0.4, 0.5) is 4.39 Å². The van der Waals surface area contributed by atoms with Crippen LogP contribution >= 0.6 is 0 Å². The van der Waals surface area contributed by atoms with E-state index in [1.54, 1.807) is 12.1 Å². The van der Waals surface area contributed by atoms with Gasteiger partial charge in [0.1, 0.15) is 5.82 Å². The van der Waals surface area contributed by atoms with Crippen LogP contribution in [0, 0.1) is 5.82 Å². The Hall–Kier alpha value is -2.95. The molecule has 0 aliphatic rings. The summed E-state index contributed by atoms with van der Waals surface area (Å²) < 4.78 is 13.3. The molecule has 0 saturated carbocycles. The van der Waals surface area contributed by atoms with E-state index in [0.29, 0.717) is 23.1 Å². The summed E-state index contributed by atoms with van der Waals surface area (Å²) in [6.07, 6.45) is 0.561. The highest BCUT2D eigenvalue weighted by Crippen LogP contribution is 2.36. The number of halogens is 1. The van der Waals surface area contributed by atoms with Crippen molar-refractivity contribution in [2.45, 2.75) is 0 Å². The van der Waals surface area contributed by atoms with Crippen molar-refractivity contribution >= 4 is 17.2 Å². The summed E-state index contributed by atoms with van der Waals surface area (Å²) in [5.41, 5.74) is 1.45. The number of hydrogen-bond acceptors (Lipinski definition) is 4. The predicted octanol–water partition coefficient (Wildman–Crippen LogP) is 3.26. The molecule has 104 valence electrons. The van der Waals surface area contributed by atoms with E-state index in [4.69, 9.17) is 0 Å². The fourth-order valence-electron chi connectivity index (χ4n) is 2.22. The maximum Gasteiger partial charge on any atom is 0.167 e.